The lowest BCUT2D eigenvalue weighted by molar-refractivity contribution is -0.277. The zero-order chi connectivity index (χ0) is 18.3. The molecule has 5 atom stereocenters. The van der Waals surface area contributed by atoms with Crippen LogP contribution in [0.5, 0.6) is 11.5 Å². The average Bonchev–Trinajstić information content (AvgIpc) is 2.57. The van der Waals surface area contributed by atoms with Gasteiger partial charge in [-0.1, -0.05) is 0 Å². The molecule has 25 heavy (non-hydrogen) atoms. The number of aliphatic hydroxyl groups is 4. The lowest BCUT2D eigenvalue weighted by Crippen LogP contribution is -2.60. The van der Waals surface area contributed by atoms with Crippen molar-refractivity contribution in [2.45, 2.75) is 37.6 Å². The topological polar surface area (TPSA) is 150 Å². The number of rotatable bonds is 3. The maximum Gasteiger partial charge on any atom is 0.229 e. The van der Waals surface area contributed by atoms with Gasteiger partial charge in [0.15, 0.2) is 16.8 Å². The van der Waals surface area contributed by atoms with Crippen LogP contribution in [0.3, 0.4) is 0 Å². The Morgan fingerprint density at radius 1 is 1.16 bits per heavy atom. The summed E-state index contributed by atoms with van der Waals surface area (Å²) in [5.41, 5.74) is -0.403. The molecule has 9 nitrogen and oxygen atoms in total. The van der Waals surface area contributed by atoms with Gasteiger partial charge in [-0.15, -0.1) is 0 Å². The number of aryl methyl sites for hydroxylation is 1. The normalized spacial score (nSPS) is 29.7. The average molecular weight is 354 g/mol. The fraction of sp³-hybridized carbons (Fsp3) is 0.438. The first-order valence-corrected chi connectivity index (χ1v) is 7.57. The highest BCUT2D eigenvalue weighted by molar-refractivity contribution is 5.85. The fourth-order valence-corrected chi connectivity index (χ4v) is 2.70. The van der Waals surface area contributed by atoms with Crippen molar-refractivity contribution in [1.82, 2.24) is 0 Å². The Kier molecular flexibility index (Phi) is 4.67. The molecule has 1 aromatic carbocycles. The van der Waals surface area contributed by atoms with E-state index in [4.69, 9.17) is 13.9 Å². The molecule has 136 valence electrons. The zero-order valence-electron chi connectivity index (χ0n) is 13.2. The van der Waals surface area contributed by atoms with Crippen molar-refractivity contribution in [2.75, 3.05) is 6.61 Å². The van der Waals surface area contributed by atoms with E-state index >= 15 is 0 Å². The van der Waals surface area contributed by atoms with Crippen molar-refractivity contribution >= 4 is 11.0 Å². The van der Waals surface area contributed by atoms with E-state index in [1.54, 1.807) is 6.92 Å². The third kappa shape index (κ3) is 3.08. The van der Waals surface area contributed by atoms with E-state index in [1.165, 1.54) is 18.2 Å². The Labute approximate surface area is 141 Å². The second-order valence-electron chi connectivity index (χ2n) is 5.83. The predicted octanol–water partition coefficient (Wildman–Crippen LogP) is -1.01. The molecule has 1 fully saturated rings. The molecule has 0 bridgehead atoms. The third-order valence-electron chi connectivity index (χ3n) is 4.04. The van der Waals surface area contributed by atoms with E-state index in [0.717, 1.165) is 0 Å². The molecule has 1 aliphatic heterocycles. The summed E-state index contributed by atoms with van der Waals surface area (Å²) in [5.74, 6) is -0.359. The minimum Gasteiger partial charge on any atom is -0.504 e. The summed E-state index contributed by atoms with van der Waals surface area (Å²) in [7, 11) is 0. The van der Waals surface area contributed by atoms with Gasteiger partial charge in [-0.2, -0.15) is 0 Å². The molecule has 0 unspecified atom stereocenters. The van der Waals surface area contributed by atoms with Crippen LogP contribution in [0.25, 0.3) is 11.0 Å². The van der Waals surface area contributed by atoms with Gasteiger partial charge < -0.3 is 39.4 Å². The lowest BCUT2D eigenvalue weighted by atomic mass is 9.99. The molecule has 3 rings (SSSR count). The second kappa shape index (κ2) is 6.62. The molecule has 1 aliphatic rings. The molecule has 0 amide bonds. The van der Waals surface area contributed by atoms with Gasteiger partial charge >= 0.3 is 0 Å². The number of aliphatic hydroxyl groups excluding tert-OH is 4. The minimum absolute atomic E-state index is 0.0537. The molecule has 9 heteroatoms. The Balaban J connectivity index is 2.02. The van der Waals surface area contributed by atoms with Crippen molar-refractivity contribution in [3.05, 3.63) is 34.2 Å². The van der Waals surface area contributed by atoms with E-state index in [9.17, 15) is 30.3 Å². The van der Waals surface area contributed by atoms with Crippen LogP contribution < -0.4 is 10.2 Å². The Morgan fingerprint density at radius 2 is 1.88 bits per heavy atom. The molecule has 2 heterocycles. The highest BCUT2D eigenvalue weighted by Gasteiger charge is 2.45. The Morgan fingerprint density at radius 3 is 2.56 bits per heavy atom. The van der Waals surface area contributed by atoms with Crippen LogP contribution in [0.4, 0.5) is 0 Å². The van der Waals surface area contributed by atoms with Gasteiger partial charge in [-0.3, -0.25) is 4.79 Å². The number of hydrogen-bond donors (Lipinski definition) is 5. The number of aromatic hydroxyl groups is 1. The maximum absolute atomic E-state index is 12.0. The number of ether oxygens (including phenoxy) is 2. The Hall–Kier alpha value is -2.17. The van der Waals surface area contributed by atoms with Gasteiger partial charge in [0.1, 0.15) is 30.2 Å². The Bertz CT molecular complexity index is 828. The van der Waals surface area contributed by atoms with Crippen LogP contribution in [-0.4, -0.2) is 62.8 Å². The van der Waals surface area contributed by atoms with E-state index in [2.05, 4.69) is 0 Å². The minimum atomic E-state index is -1.66. The second-order valence-corrected chi connectivity index (χ2v) is 5.83. The molecular weight excluding hydrogens is 336 g/mol. The van der Waals surface area contributed by atoms with Crippen LogP contribution in [-0.2, 0) is 4.74 Å². The van der Waals surface area contributed by atoms with Crippen LogP contribution in [0.2, 0.25) is 0 Å². The molecule has 1 saturated heterocycles. The highest BCUT2D eigenvalue weighted by Crippen LogP contribution is 2.36. The van der Waals surface area contributed by atoms with Gasteiger partial charge in [0, 0.05) is 6.07 Å². The maximum atomic E-state index is 12.0. The highest BCUT2D eigenvalue weighted by atomic mass is 16.7. The van der Waals surface area contributed by atoms with Gasteiger partial charge in [-0.05, 0) is 19.1 Å². The molecular formula is C16H18O9. The largest absolute Gasteiger partial charge is 0.504 e. The van der Waals surface area contributed by atoms with Crippen molar-refractivity contribution in [2.24, 2.45) is 0 Å². The summed E-state index contributed by atoms with van der Waals surface area (Å²) in [6.07, 6.45) is -7.53. The van der Waals surface area contributed by atoms with Gasteiger partial charge in [0.2, 0.25) is 12.0 Å². The summed E-state index contributed by atoms with van der Waals surface area (Å²) in [6.45, 7) is 0.920. The predicted molar refractivity (Wildman–Crippen MR) is 83.3 cm³/mol. The van der Waals surface area contributed by atoms with Crippen LogP contribution >= 0.6 is 0 Å². The van der Waals surface area contributed by atoms with Crippen molar-refractivity contribution in [1.29, 1.82) is 0 Å². The van der Waals surface area contributed by atoms with Crippen LogP contribution in [0, 0.1) is 6.92 Å². The molecule has 2 aromatic rings. The molecule has 0 radical (unpaired) electrons. The molecule has 0 aliphatic carbocycles. The molecule has 0 spiro atoms. The first-order valence-electron chi connectivity index (χ1n) is 7.57. The molecule has 5 N–H and O–H groups in total. The standard InChI is InChI=1S/C16H18O9/c1-6-4-9(19)7-2-3-8(18)15(14(7)23-6)25-16-13(22)12(21)11(20)10(5-17)24-16/h2-4,10-13,16-18,20-22H,5H2,1H3/t10-,11-,12+,13-,16+/m1/s1. The van der Waals surface area contributed by atoms with E-state index in [-0.39, 0.29) is 33.7 Å². The summed E-state index contributed by atoms with van der Waals surface area (Å²) >= 11 is 0. The van der Waals surface area contributed by atoms with E-state index < -0.39 is 37.3 Å². The number of phenols is 1. The van der Waals surface area contributed by atoms with Gasteiger partial charge in [0.25, 0.3) is 0 Å². The van der Waals surface area contributed by atoms with Crippen LogP contribution in [0.1, 0.15) is 5.76 Å². The van der Waals surface area contributed by atoms with Gasteiger partial charge in [-0.25, -0.2) is 0 Å². The first kappa shape index (κ1) is 17.6. The summed E-state index contributed by atoms with van der Waals surface area (Å²) in [5, 5.41) is 49.0. The number of benzene rings is 1. The summed E-state index contributed by atoms with van der Waals surface area (Å²) in [6, 6.07) is 3.85. The smallest absolute Gasteiger partial charge is 0.229 e. The zero-order valence-corrected chi connectivity index (χ0v) is 13.2. The van der Waals surface area contributed by atoms with Crippen molar-refractivity contribution in [3.63, 3.8) is 0 Å². The molecule has 1 aromatic heterocycles. The number of phenolic OH excluding ortho intramolecular Hbond substituents is 1. The van der Waals surface area contributed by atoms with E-state index in [1.807, 2.05) is 0 Å². The third-order valence-corrected chi connectivity index (χ3v) is 4.04. The summed E-state index contributed by atoms with van der Waals surface area (Å²) in [4.78, 5) is 12.0. The van der Waals surface area contributed by atoms with Crippen molar-refractivity contribution < 1.29 is 39.4 Å². The monoisotopic (exact) mass is 354 g/mol. The van der Waals surface area contributed by atoms with Crippen molar-refractivity contribution in [3.8, 4) is 11.5 Å². The quantitative estimate of drug-likeness (QED) is 0.467. The molecule has 0 saturated carbocycles. The number of fused-ring (bicyclic) bond motifs is 1. The summed E-state index contributed by atoms with van der Waals surface area (Å²) < 4.78 is 16.1. The lowest BCUT2D eigenvalue weighted by Gasteiger charge is -2.39. The first-order chi connectivity index (χ1) is 11.8. The van der Waals surface area contributed by atoms with Crippen LogP contribution in [0.15, 0.2) is 27.4 Å². The fourth-order valence-electron chi connectivity index (χ4n) is 2.70. The van der Waals surface area contributed by atoms with E-state index in [0.29, 0.717) is 0 Å². The van der Waals surface area contributed by atoms with Gasteiger partial charge in [0.05, 0.1) is 12.0 Å². The SMILES string of the molecule is Cc1cc(=O)c2ccc(O)c(O[C@@H]3O[C@H](CO)[C@@H](O)[C@H](O)[C@H]3O)c2o1. The number of hydrogen-bond acceptors (Lipinski definition) is 9.